The zero-order valence-corrected chi connectivity index (χ0v) is 8.62. The lowest BCUT2D eigenvalue weighted by Crippen LogP contribution is -2.03. The lowest BCUT2D eigenvalue weighted by molar-refractivity contribution is -0.137. The van der Waals surface area contributed by atoms with Crippen LogP contribution in [0, 0.1) is 0 Å². The lowest BCUT2D eigenvalue weighted by atomic mass is 10.2. The molecule has 2 N–H and O–H groups in total. The molecule has 0 saturated heterocycles. The molecule has 0 heterocycles. The van der Waals surface area contributed by atoms with Crippen molar-refractivity contribution >= 4 is 11.4 Å². The third-order valence-electron chi connectivity index (χ3n) is 1.82. The molecule has 0 radical (unpaired) electrons. The fourth-order valence-electron chi connectivity index (χ4n) is 1.13. The topological polar surface area (TPSA) is 38.4 Å². The highest BCUT2D eigenvalue weighted by Crippen LogP contribution is 2.31. The maximum absolute atomic E-state index is 12.4. The van der Waals surface area contributed by atoms with Gasteiger partial charge in [0.2, 0.25) is 0 Å². The van der Waals surface area contributed by atoms with Gasteiger partial charge in [0.25, 0.3) is 0 Å². The molecule has 86 valence electrons. The van der Waals surface area contributed by atoms with Crippen LogP contribution in [0.25, 0.3) is 0 Å². The summed E-state index contributed by atoms with van der Waals surface area (Å²) in [6.07, 6.45) is -1.55. The third kappa shape index (κ3) is 3.42. The third-order valence-corrected chi connectivity index (χ3v) is 1.82. The number of alkyl halides is 3. The van der Waals surface area contributed by atoms with Crippen molar-refractivity contribution in [2.45, 2.75) is 13.1 Å². The average Bonchev–Trinajstić information content (AvgIpc) is 2.17. The summed E-state index contributed by atoms with van der Waals surface area (Å²) in [5.74, 6) is 0. The number of nitrogens with zero attached hydrogens (tertiary/aromatic N) is 1. The SMILES string of the molecule is CC(C=CN)=Nc1cccc(C(F)(F)F)c1. The summed E-state index contributed by atoms with van der Waals surface area (Å²) in [5, 5.41) is 0. The van der Waals surface area contributed by atoms with Crippen molar-refractivity contribution in [3.8, 4) is 0 Å². The number of hydrogen-bond donors (Lipinski definition) is 1. The molecule has 1 aromatic carbocycles. The Morgan fingerprint density at radius 3 is 2.62 bits per heavy atom. The van der Waals surface area contributed by atoms with Crippen LogP contribution in [-0.2, 0) is 6.18 Å². The van der Waals surface area contributed by atoms with Gasteiger partial charge >= 0.3 is 6.18 Å². The second kappa shape index (κ2) is 4.83. The summed E-state index contributed by atoms with van der Waals surface area (Å²) in [6.45, 7) is 1.66. The standard InChI is InChI=1S/C11H11F3N2/c1-8(5-6-15)16-10-4-2-3-9(7-10)11(12,13)14/h2-7H,15H2,1H3. The van der Waals surface area contributed by atoms with E-state index in [1.165, 1.54) is 24.4 Å². The minimum atomic E-state index is -4.34. The number of halogens is 3. The van der Waals surface area contributed by atoms with E-state index < -0.39 is 11.7 Å². The predicted molar refractivity (Wildman–Crippen MR) is 57.5 cm³/mol. The highest BCUT2D eigenvalue weighted by atomic mass is 19.4. The Labute approximate surface area is 91.3 Å². The van der Waals surface area contributed by atoms with Gasteiger partial charge in [-0.1, -0.05) is 6.07 Å². The Hall–Kier alpha value is -1.78. The predicted octanol–water partition coefficient (Wildman–Crippen LogP) is 3.27. The number of rotatable bonds is 2. The van der Waals surface area contributed by atoms with Crippen molar-refractivity contribution in [3.05, 3.63) is 42.1 Å². The van der Waals surface area contributed by atoms with Gasteiger partial charge in [0.05, 0.1) is 11.3 Å². The van der Waals surface area contributed by atoms with Crippen LogP contribution >= 0.6 is 0 Å². The van der Waals surface area contributed by atoms with Crippen molar-refractivity contribution in [3.63, 3.8) is 0 Å². The molecule has 0 spiro atoms. The molecule has 0 bridgehead atoms. The van der Waals surface area contributed by atoms with Crippen LogP contribution in [-0.4, -0.2) is 5.71 Å². The molecule has 2 nitrogen and oxygen atoms in total. The molecule has 1 rings (SSSR count). The van der Waals surface area contributed by atoms with Crippen LogP contribution in [0.3, 0.4) is 0 Å². The molecule has 5 heteroatoms. The van der Waals surface area contributed by atoms with E-state index in [0.717, 1.165) is 12.1 Å². The molecule has 0 saturated carbocycles. The van der Waals surface area contributed by atoms with Crippen molar-refractivity contribution in [1.29, 1.82) is 0 Å². The van der Waals surface area contributed by atoms with E-state index in [-0.39, 0.29) is 5.69 Å². The van der Waals surface area contributed by atoms with Crippen molar-refractivity contribution < 1.29 is 13.2 Å². The molecule has 0 aliphatic carbocycles. The van der Waals surface area contributed by atoms with Crippen LogP contribution < -0.4 is 5.73 Å². The largest absolute Gasteiger partial charge is 0.416 e. The Morgan fingerprint density at radius 2 is 2.06 bits per heavy atom. The first kappa shape index (κ1) is 12.3. The molecule has 0 aliphatic heterocycles. The van der Waals surface area contributed by atoms with Crippen LogP contribution in [0.2, 0.25) is 0 Å². The Kier molecular flexibility index (Phi) is 3.71. The Balaban J connectivity index is 3.04. The quantitative estimate of drug-likeness (QED) is 0.775. The Bertz CT molecular complexity index is 419. The molecule has 0 aromatic heterocycles. The minimum Gasteiger partial charge on any atom is -0.405 e. The van der Waals surface area contributed by atoms with Crippen LogP contribution in [0.5, 0.6) is 0 Å². The second-order valence-electron chi connectivity index (χ2n) is 3.16. The van der Waals surface area contributed by atoms with E-state index >= 15 is 0 Å². The van der Waals surface area contributed by atoms with Gasteiger partial charge in [-0.2, -0.15) is 13.2 Å². The number of allylic oxidation sites excluding steroid dienone is 1. The van der Waals surface area contributed by atoms with E-state index in [9.17, 15) is 13.2 Å². The van der Waals surface area contributed by atoms with Gasteiger partial charge in [-0.3, -0.25) is 4.99 Å². The maximum Gasteiger partial charge on any atom is 0.416 e. The summed E-state index contributed by atoms with van der Waals surface area (Å²) in [7, 11) is 0. The summed E-state index contributed by atoms with van der Waals surface area (Å²) in [4.78, 5) is 3.97. The van der Waals surface area contributed by atoms with Gasteiger partial charge in [0.1, 0.15) is 0 Å². The van der Waals surface area contributed by atoms with Crippen molar-refractivity contribution in [1.82, 2.24) is 0 Å². The van der Waals surface area contributed by atoms with Crippen LogP contribution in [0.15, 0.2) is 41.5 Å². The van der Waals surface area contributed by atoms with Gasteiger partial charge in [-0.15, -0.1) is 0 Å². The highest BCUT2D eigenvalue weighted by Gasteiger charge is 2.30. The van der Waals surface area contributed by atoms with Crippen molar-refractivity contribution in [2.75, 3.05) is 0 Å². The molecular formula is C11H11F3N2. The molecule has 0 unspecified atom stereocenters. The zero-order valence-electron chi connectivity index (χ0n) is 8.62. The van der Waals surface area contributed by atoms with Gasteiger partial charge < -0.3 is 5.73 Å². The first-order valence-corrected chi connectivity index (χ1v) is 4.54. The van der Waals surface area contributed by atoms with E-state index in [0.29, 0.717) is 5.71 Å². The maximum atomic E-state index is 12.4. The number of nitrogens with two attached hydrogens (primary N) is 1. The van der Waals surface area contributed by atoms with Gasteiger partial charge in [-0.25, -0.2) is 0 Å². The zero-order chi connectivity index (χ0) is 12.2. The molecule has 0 amide bonds. The number of hydrogen-bond acceptors (Lipinski definition) is 2. The summed E-state index contributed by atoms with van der Waals surface area (Å²) in [6, 6.07) is 4.82. The summed E-state index contributed by atoms with van der Waals surface area (Å²) >= 11 is 0. The minimum absolute atomic E-state index is 0.255. The number of aliphatic imine (C=N–C) groups is 1. The fourth-order valence-corrected chi connectivity index (χ4v) is 1.13. The first-order valence-electron chi connectivity index (χ1n) is 4.54. The van der Waals surface area contributed by atoms with Gasteiger partial charge in [0.15, 0.2) is 0 Å². The molecule has 16 heavy (non-hydrogen) atoms. The summed E-state index contributed by atoms with van der Waals surface area (Å²) in [5.41, 5.74) is 5.23. The van der Waals surface area contributed by atoms with E-state index in [1.807, 2.05) is 0 Å². The molecule has 0 aliphatic rings. The van der Waals surface area contributed by atoms with Gasteiger partial charge in [-0.05, 0) is 37.4 Å². The average molecular weight is 228 g/mol. The normalized spacial score (nSPS) is 13.4. The van der Waals surface area contributed by atoms with Gasteiger partial charge in [0, 0.05) is 5.71 Å². The first-order chi connectivity index (χ1) is 7.43. The fraction of sp³-hybridized carbons (Fsp3) is 0.182. The number of benzene rings is 1. The van der Waals surface area contributed by atoms with Crippen LogP contribution in [0.1, 0.15) is 12.5 Å². The smallest absolute Gasteiger partial charge is 0.405 e. The second-order valence-corrected chi connectivity index (χ2v) is 3.16. The summed E-state index contributed by atoms with van der Waals surface area (Å²) < 4.78 is 37.1. The lowest BCUT2D eigenvalue weighted by Gasteiger charge is -2.06. The van der Waals surface area contributed by atoms with E-state index in [4.69, 9.17) is 5.73 Å². The van der Waals surface area contributed by atoms with E-state index in [2.05, 4.69) is 4.99 Å². The molecular weight excluding hydrogens is 217 g/mol. The van der Waals surface area contributed by atoms with E-state index in [1.54, 1.807) is 6.92 Å². The highest BCUT2D eigenvalue weighted by molar-refractivity contribution is 5.94. The Morgan fingerprint density at radius 1 is 1.38 bits per heavy atom. The van der Waals surface area contributed by atoms with Crippen molar-refractivity contribution in [2.24, 2.45) is 10.7 Å². The van der Waals surface area contributed by atoms with Crippen LogP contribution in [0.4, 0.5) is 18.9 Å². The molecule has 0 atom stereocenters. The molecule has 0 fully saturated rings. The monoisotopic (exact) mass is 228 g/mol. The molecule has 1 aromatic rings.